The zero-order chi connectivity index (χ0) is 13.5. The second-order valence-corrected chi connectivity index (χ2v) is 4.57. The van der Waals surface area contributed by atoms with Crippen molar-refractivity contribution < 1.29 is 19.5 Å². The number of carbonyl (C=O) groups is 3. The van der Waals surface area contributed by atoms with E-state index in [1.54, 1.807) is 0 Å². The summed E-state index contributed by atoms with van der Waals surface area (Å²) in [6, 6.07) is 0. The van der Waals surface area contributed by atoms with Crippen molar-refractivity contribution in [3.63, 3.8) is 0 Å². The molecular weight excluding hydrogens is 238 g/mol. The van der Waals surface area contributed by atoms with E-state index in [1.807, 2.05) is 4.90 Å². The minimum Gasteiger partial charge on any atom is -0.481 e. The van der Waals surface area contributed by atoms with Gasteiger partial charge in [-0.15, -0.1) is 0 Å². The number of carboxylic acids is 1. The fourth-order valence-electron chi connectivity index (χ4n) is 2.11. The first-order chi connectivity index (χ1) is 8.47. The Bertz CT molecular complexity index is 332. The molecule has 7 nitrogen and oxygen atoms in total. The van der Waals surface area contributed by atoms with Gasteiger partial charge in [0.1, 0.15) is 0 Å². The molecule has 1 saturated heterocycles. The predicted octanol–water partition coefficient (Wildman–Crippen LogP) is -0.660. The number of piperidine rings is 1. The molecule has 18 heavy (non-hydrogen) atoms. The van der Waals surface area contributed by atoms with E-state index in [-0.39, 0.29) is 30.7 Å². The number of nitrogens with zero attached hydrogens (tertiary/aromatic N) is 1. The van der Waals surface area contributed by atoms with Crippen LogP contribution in [-0.4, -0.2) is 47.4 Å². The minimum atomic E-state index is -0.801. The first-order valence-electron chi connectivity index (χ1n) is 5.97. The molecule has 1 rings (SSSR count). The van der Waals surface area contributed by atoms with Gasteiger partial charge in [0.25, 0.3) is 5.91 Å². The molecular formula is C11H19N3O4. The average molecular weight is 257 g/mol. The Balaban J connectivity index is 2.31. The molecule has 2 amide bonds. The molecule has 7 heteroatoms. The van der Waals surface area contributed by atoms with Crippen LogP contribution in [0.25, 0.3) is 0 Å². The second-order valence-electron chi connectivity index (χ2n) is 4.57. The molecule has 0 saturated carbocycles. The van der Waals surface area contributed by atoms with Crippen LogP contribution in [0.2, 0.25) is 0 Å². The third-order valence-corrected chi connectivity index (χ3v) is 2.81. The van der Waals surface area contributed by atoms with E-state index in [0.717, 1.165) is 19.4 Å². The zero-order valence-corrected chi connectivity index (χ0v) is 10.4. The van der Waals surface area contributed by atoms with E-state index >= 15 is 0 Å². The number of aliphatic carboxylic acids is 1. The molecule has 0 spiro atoms. The SMILES string of the molecule is CC(=O)NNC(=O)CN1CCCC(CC(=O)O)C1. The Morgan fingerprint density at radius 1 is 1.33 bits per heavy atom. The topological polar surface area (TPSA) is 98.7 Å². The standard InChI is InChI=1S/C11H19N3O4/c1-8(15)12-13-10(16)7-14-4-2-3-9(6-14)5-11(17)18/h9H,2-7H2,1H3,(H,12,15)(H,13,16)(H,17,18). The molecule has 0 aromatic carbocycles. The summed E-state index contributed by atoms with van der Waals surface area (Å²) >= 11 is 0. The highest BCUT2D eigenvalue weighted by atomic mass is 16.4. The Labute approximate surface area is 105 Å². The molecule has 0 bridgehead atoms. The van der Waals surface area contributed by atoms with Crippen LogP contribution in [0, 0.1) is 5.92 Å². The molecule has 1 heterocycles. The van der Waals surface area contributed by atoms with Gasteiger partial charge in [-0.05, 0) is 25.3 Å². The van der Waals surface area contributed by atoms with Crippen molar-refractivity contribution in [1.82, 2.24) is 15.8 Å². The van der Waals surface area contributed by atoms with Gasteiger partial charge in [-0.3, -0.25) is 30.1 Å². The first-order valence-corrected chi connectivity index (χ1v) is 5.97. The van der Waals surface area contributed by atoms with Gasteiger partial charge >= 0.3 is 5.97 Å². The highest BCUT2D eigenvalue weighted by Gasteiger charge is 2.23. The largest absolute Gasteiger partial charge is 0.481 e. The van der Waals surface area contributed by atoms with Crippen molar-refractivity contribution in [3.8, 4) is 0 Å². The number of likely N-dealkylation sites (tertiary alicyclic amines) is 1. The van der Waals surface area contributed by atoms with Crippen LogP contribution in [0.3, 0.4) is 0 Å². The Morgan fingerprint density at radius 2 is 2.06 bits per heavy atom. The molecule has 1 aliphatic rings. The summed E-state index contributed by atoms with van der Waals surface area (Å²) in [5.74, 6) is -1.32. The van der Waals surface area contributed by atoms with Crippen LogP contribution in [-0.2, 0) is 14.4 Å². The lowest BCUT2D eigenvalue weighted by Gasteiger charge is -2.31. The predicted molar refractivity (Wildman–Crippen MR) is 63.4 cm³/mol. The third kappa shape index (κ3) is 5.62. The third-order valence-electron chi connectivity index (χ3n) is 2.81. The fraction of sp³-hybridized carbons (Fsp3) is 0.727. The lowest BCUT2D eigenvalue weighted by atomic mass is 9.95. The zero-order valence-electron chi connectivity index (χ0n) is 10.4. The maximum absolute atomic E-state index is 11.5. The van der Waals surface area contributed by atoms with E-state index in [2.05, 4.69) is 10.9 Å². The smallest absolute Gasteiger partial charge is 0.303 e. The van der Waals surface area contributed by atoms with Crippen LogP contribution in [0.15, 0.2) is 0 Å². The number of rotatable bonds is 4. The molecule has 0 radical (unpaired) electrons. The second kappa shape index (κ2) is 6.95. The van der Waals surface area contributed by atoms with Gasteiger partial charge in [0.2, 0.25) is 5.91 Å². The van der Waals surface area contributed by atoms with Gasteiger partial charge in [-0.1, -0.05) is 0 Å². The summed E-state index contributed by atoms with van der Waals surface area (Å²) < 4.78 is 0. The monoisotopic (exact) mass is 257 g/mol. The number of carbonyl (C=O) groups excluding carboxylic acids is 2. The first kappa shape index (κ1) is 14.4. The van der Waals surface area contributed by atoms with Crippen LogP contribution >= 0.6 is 0 Å². The lowest BCUT2D eigenvalue weighted by Crippen LogP contribution is -2.47. The van der Waals surface area contributed by atoms with Crippen molar-refractivity contribution in [2.75, 3.05) is 19.6 Å². The Morgan fingerprint density at radius 3 is 2.67 bits per heavy atom. The highest BCUT2D eigenvalue weighted by Crippen LogP contribution is 2.19. The van der Waals surface area contributed by atoms with Gasteiger partial charge in [0.15, 0.2) is 0 Å². The number of amides is 2. The summed E-state index contributed by atoms with van der Waals surface area (Å²) in [7, 11) is 0. The molecule has 0 aromatic rings. The molecule has 0 aliphatic carbocycles. The fourth-order valence-corrected chi connectivity index (χ4v) is 2.11. The van der Waals surface area contributed by atoms with Crippen molar-refractivity contribution in [2.24, 2.45) is 5.92 Å². The molecule has 1 atom stereocenters. The van der Waals surface area contributed by atoms with E-state index in [9.17, 15) is 14.4 Å². The molecule has 3 N–H and O–H groups in total. The number of hydrogen-bond donors (Lipinski definition) is 3. The van der Waals surface area contributed by atoms with Gasteiger partial charge < -0.3 is 5.11 Å². The summed E-state index contributed by atoms with van der Waals surface area (Å²) in [5.41, 5.74) is 4.51. The lowest BCUT2D eigenvalue weighted by molar-refractivity contribution is -0.138. The summed E-state index contributed by atoms with van der Waals surface area (Å²) in [6.45, 7) is 2.88. The summed E-state index contributed by atoms with van der Waals surface area (Å²) in [5, 5.41) is 8.73. The quantitative estimate of drug-likeness (QED) is 0.581. The molecule has 1 unspecified atom stereocenters. The van der Waals surface area contributed by atoms with Crippen molar-refractivity contribution in [3.05, 3.63) is 0 Å². The van der Waals surface area contributed by atoms with Crippen LogP contribution in [0.1, 0.15) is 26.2 Å². The number of carboxylic acid groups (broad SMARTS) is 1. The van der Waals surface area contributed by atoms with Crippen LogP contribution in [0.5, 0.6) is 0 Å². The van der Waals surface area contributed by atoms with Crippen LogP contribution in [0.4, 0.5) is 0 Å². The molecule has 1 fully saturated rings. The number of hydrogen-bond acceptors (Lipinski definition) is 4. The number of hydrazine groups is 1. The van der Waals surface area contributed by atoms with Gasteiger partial charge in [-0.2, -0.15) is 0 Å². The van der Waals surface area contributed by atoms with Crippen LogP contribution < -0.4 is 10.9 Å². The highest BCUT2D eigenvalue weighted by molar-refractivity contribution is 5.81. The van der Waals surface area contributed by atoms with Gasteiger partial charge in [0, 0.05) is 19.9 Å². The summed E-state index contributed by atoms with van der Waals surface area (Å²) in [6.07, 6.45) is 1.92. The van der Waals surface area contributed by atoms with Crippen molar-refractivity contribution in [2.45, 2.75) is 26.2 Å². The molecule has 102 valence electrons. The van der Waals surface area contributed by atoms with Gasteiger partial charge in [0.05, 0.1) is 6.54 Å². The maximum Gasteiger partial charge on any atom is 0.303 e. The van der Waals surface area contributed by atoms with Gasteiger partial charge in [-0.25, -0.2) is 0 Å². The van der Waals surface area contributed by atoms with E-state index in [4.69, 9.17) is 5.11 Å². The number of nitrogens with one attached hydrogen (secondary N) is 2. The Hall–Kier alpha value is -1.63. The Kier molecular flexibility index (Phi) is 5.57. The van der Waals surface area contributed by atoms with E-state index < -0.39 is 5.97 Å². The molecule has 1 aliphatic heterocycles. The van der Waals surface area contributed by atoms with E-state index in [1.165, 1.54) is 6.92 Å². The normalized spacial score (nSPS) is 20.2. The average Bonchev–Trinajstić information content (AvgIpc) is 2.26. The minimum absolute atomic E-state index is 0.102. The summed E-state index contributed by atoms with van der Waals surface area (Å²) in [4.78, 5) is 34.6. The van der Waals surface area contributed by atoms with Crippen molar-refractivity contribution in [1.29, 1.82) is 0 Å². The van der Waals surface area contributed by atoms with E-state index in [0.29, 0.717) is 6.54 Å². The van der Waals surface area contributed by atoms with Crippen molar-refractivity contribution >= 4 is 17.8 Å². The maximum atomic E-state index is 11.5. The molecule has 0 aromatic heterocycles.